The van der Waals surface area contributed by atoms with E-state index in [0.29, 0.717) is 25.4 Å². The van der Waals surface area contributed by atoms with Crippen molar-refractivity contribution < 1.29 is 22.8 Å². The maximum atomic E-state index is 13.5. The molecule has 32 heavy (non-hydrogen) atoms. The minimum atomic E-state index is -4.54. The van der Waals surface area contributed by atoms with Gasteiger partial charge in [-0.05, 0) is 31.6 Å². The molecule has 0 aromatic carbocycles. The number of aromatic nitrogens is 2. The third kappa shape index (κ3) is 5.51. The summed E-state index contributed by atoms with van der Waals surface area (Å²) in [6.07, 6.45) is -1.48. The zero-order valence-corrected chi connectivity index (χ0v) is 18.8. The number of hydrogen-bond donors (Lipinski definition) is 1. The quantitative estimate of drug-likeness (QED) is 0.706. The van der Waals surface area contributed by atoms with Gasteiger partial charge in [0.1, 0.15) is 5.82 Å². The molecule has 2 fully saturated rings. The third-order valence-electron chi connectivity index (χ3n) is 6.27. The fourth-order valence-corrected chi connectivity index (χ4v) is 4.40. The first kappa shape index (κ1) is 24.7. The number of halogens is 4. The van der Waals surface area contributed by atoms with Crippen LogP contribution < -0.4 is 5.73 Å². The highest BCUT2D eigenvalue weighted by Crippen LogP contribution is 2.41. The molecular weight excluding hydrogens is 447 g/mol. The van der Waals surface area contributed by atoms with Crippen molar-refractivity contribution in [1.82, 2.24) is 19.8 Å². The van der Waals surface area contributed by atoms with Gasteiger partial charge in [-0.2, -0.15) is 13.2 Å². The van der Waals surface area contributed by atoms with Crippen LogP contribution in [0.1, 0.15) is 67.7 Å². The van der Waals surface area contributed by atoms with Gasteiger partial charge in [0.2, 0.25) is 11.8 Å². The number of alkyl halides is 3. The zero-order valence-electron chi connectivity index (χ0n) is 18.0. The van der Waals surface area contributed by atoms with E-state index in [4.69, 9.17) is 5.73 Å². The van der Waals surface area contributed by atoms with Gasteiger partial charge < -0.3 is 15.5 Å². The molecule has 7 nitrogen and oxygen atoms in total. The summed E-state index contributed by atoms with van der Waals surface area (Å²) in [7, 11) is 0. The van der Waals surface area contributed by atoms with Crippen LogP contribution in [0, 0.1) is 5.92 Å². The van der Waals surface area contributed by atoms with Crippen molar-refractivity contribution in [2.24, 2.45) is 11.7 Å². The summed E-state index contributed by atoms with van der Waals surface area (Å²) in [5, 5.41) is 0. The first-order valence-corrected chi connectivity index (χ1v) is 10.9. The van der Waals surface area contributed by atoms with E-state index in [-0.39, 0.29) is 73.2 Å². The summed E-state index contributed by atoms with van der Waals surface area (Å²) in [5.74, 6) is 0.445. The number of nitrogens with zero attached hydrogens (tertiary/aromatic N) is 4. The van der Waals surface area contributed by atoms with E-state index < -0.39 is 17.9 Å². The van der Waals surface area contributed by atoms with Gasteiger partial charge in [0.05, 0.1) is 12.2 Å². The Morgan fingerprint density at radius 3 is 2.59 bits per heavy atom. The minimum absolute atomic E-state index is 0. The number of fused-ring (bicyclic) bond motifs is 1. The number of rotatable bonds is 5. The molecule has 4 rings (SSSR count). The molecule has 1 aromatic heterocycles. The molecule has 1 aliphatic carbocycles. The lowest BCUT2D eigenvalue weighted by molar-refractivity contribution is -0.142. The van der Waals surface area contributed by atoms with Crippen molar-refractivity contribution >= 4 is 24.2 Å². The van der Waals surface area contributed by atoms with Crippen LogP contribution in [0.15, 0.2) is 0 Å². The minimum Gasteiger partial charge on any atom is -0.341 e. The molecule has 1 unspecified atom stereocenters. The van der Waals surface area contributed by atoms with Crippen LogP contribution in [-0.4, -0.2) is 57.3 Å². The summed E-state index contributed by atoms with van der Waals surface area (Å²) >= 11 is 0. The normalized spacial score (nSPS) is 22.3. The van der Waals surface area contributed by atoms with Crippen molar-refractivity contribution in [3.05, 3.63) is 22.8 Å². The largest absolute Gasteiger partial charge is 0.433 e. The van der Waals surface area contributed by atoms with Gasteiger partial charge in [-0.3, -0.25) is 9.59 Å². The number of nitrogens with two attached hydrogens (primary N) is 1. The average Bonchev–Trinajstić information content (AvgIpc) is 3.54. The molecule has 2 atom stereocenters. The van der Waals surface area contributed by atoms with Crippen molar-refractivity contribution in [3.8, 4) is 0 Å². The van der Waals surface area contributed by atoms with Crippen LogP contribution in [0.2, 0.25) is 0 Å². The molecule has 0 spiro atoms. The molecule has 11 heteroatoms. The topological polar surface area (TPSA) is 92.4 Å². The number of piperidine rings is 1. The van der Waals surface area contributed by atoms with Gasteiger partial charge >= 0.3 is 6.18 Å². The molecule has 3 aliphatic rings. The SMILES string of the molecule is CC1CCC(=O)N(C[C@@H](N)CC(=O)N2CCc3c(nc(C4CC4)nc3C(F)(F)F)C2)C1.Cl. The Bertz CT molecular complexity index is 878. The summed E-state index contributed by atoms with van der Waals surface area (Å²) in [6, 6.07) is -0.513. The van der Waals surface area contributed by atoms with Crippen LogP contribution in [0.5, 0.6) is 0 Å². The van der Waals surface area contributed by atoms with E-state index in [1.807, 2.05) is 0 Å². The summed E-state index contributed by atoms with van der Waals surface area (Å²) in [5.41, 5.74) is 5.68. The molecule has 3 heterocycles. The van der Waals surface area contributed by atoms with Crippen LogP contribution in [0.25, 0.3) is 0 Å². The van der Waals surface area contributed by atoms with E-state index in [2.05, 4.69) is 16.9 Å². The lowest BCUT2D eigenvalue weighted by Crippen LogP contribution is -2.48. The predicted molar refractivity (Wildman–Crippen MR) is 113 cm³/mol. The first-order valence-electron chi connectivity index (χ1n) is 10.9. The molecular formula is C21H29ClF3N5O2. The summed E-state index contributed by atoms with van der Waals surface area (Å²) in [6.45, 7) is 3.23. The highest BCUT2D eigenvalue weighted by molar-refractivity contribution is 5.85. The highest BCUT2D eigenvalue weighted by Gasteiger charge is 2.41. The number of carbonyl (C=O) groups is 2. The number of amides is 2. The Morgan fingerprint density at radius 2 is 1.94 bits per heavy atom. The maximum Gasteiger partial charge on any atom is 0.433 e. The molecule has 178 valence electrons. The first-order chi connectivity index (χ1) is 14.6. The Hall–Kier alpha value is -1.94. The second-order valence-electron chi connectivity index (χ2n) is 9.10. The van der Waals surface area contributed by atoms with Crippen LogP contribution in [0.4, 0.5) is 13.2 Å². The number of likely N-dealkylation sites (tertiary alicyclic amines) is 1. The standard InChI is InChI=1S/C21H28F3N5O2.ClH/c1-12-2-5-17(30)29(9-12)10-14(25)8-18(31)28-7-6-15-16(11-28)26-20(13-3-4-13)27-19(15)21(22,23)24;/h12-14H,2-11,25H2,1H3;1H/t12?,14-;/m0./s1. The van der Waals surface area contributed by atoms with Crippen LogP contribution in [-0.2, 0) is 28.7 Å². The van der Waals surface area contributed by atoms with E-state index in [1.165, 1.54) is 4.90 Å². The fourth-order valence-electron chi connectivity index (χ4n) is 4.40. The van der Waals surface area contributed by atoms with Gasteiger partial charge in [0, 0.05) is 50.0 Å². The molecule has 1 saturated heterocycles. The molecule has 1 aromatic rings. The van der Waals surface area contributed by atoms with Gasteiger partial charge in [0.15, 0.2) is 5.69 Å². The lowest BCUT2D eigenvalue weighted by atomic mass is 9.98. The Morgan fingerprint density at radius 1 is 1.22 bits per heavy atom. The highest BCUT2D eigenvalue weighted by atomic mass is 35.5. The fraction of sp³-hybridized carbons (Fsp3) is 0.714. The molecule has 2 aliphatic heterocycles. The second kappa shape index (κ2) is 9.51. The second-order valence-corrected chi connectivity index (χ2v) is 9.10. The molecule has 0 bridgehead atoms. The summed E-state index contributed by atoms with van der Waals surface area (Å²) < 4.78 is 40.6. The smallest absolute Gasteiger partial charge is 0.341 e. The van der Waals surface area contributed by atoms with Gasteiger partial charge in [-0.1, -0.05) is 6.92 Å². The lowest BCUT2D eigenvalue weighted by Gasteiger charge is -2.34. The van der Waals surface area contributed by atoms with E-state index in [0.717, 1.165) is 19.3 Å². The number of carbonyl (C=O) groups excluding carboxylic acids is 2. The summed E-state index contributed by atoms with van der Waals surface area (Å²) in [4.78, 5) is 36.3. The van der Waals surface area contributed by atoms with Gasteiger partial charge in [-0.15, -0.1) is 12.4 Å². The monoisotopic (exact) mass is 475 g/mol. The van der Waals surface area contributed by atoms with Gasteiger partial charge in [-0.25, -0.2) is 9.97 Å². The Labute approximate surface area is 191 Å². The average molecular weight is 476 g/mol. The van der Waals surface area contributed by atoms with Crippen molar-refractivity contribution in [2.75, 3.05) is 19.6 Å². The number of hydrogen-bond acceptors (Lipinski definition) is 5. The maximum absolute atomic E-state index is 13.5. The zero-order chi connectivity index (χ0) is 22.3. The molecule has 2 amide bonds. The molecule has 0 radical (unpaired) electrons. The van der Waals surface area contributed by atoms with Gasteiger partial charge in [0.25, 0.3) is 0 Å². The third-order valence-corrected chi connectivity index (χ3v) is 6.27. The van der Waals surface area contributed by atoms with Crippen molar-refractivity contribution in [1.29, 1.82) is 0 Å². The van der Waals surface area contributed by atoms with Crippen LogP contribution in [0.3, 0.4) is 0 Å². The molecule has 1 saturated carbocycles. The van der Waals surface area contributed by atoms with Crippen molar-refractivity contribution in [3.63, 3.8) is 0 Å². The van der Waals surface area contributed by atoms with E-state index in [1.54, 1.807) is 4.90 Å². The van der Waals surface area contributed by atoms with Crippen molar-refractivity contribution in [2.45, 2.75) is 70.1 Å². The Kier molecular flexibility index (Phi) is 7.34. The Balaban J connectivity index is 0.00000289. The van der Waals surface area contributed by atoms with E-state index in [9.17, 15) is 22.8 Å². The molecule has 2 N–H and O–H groups in total. The van der Waals surface area contributed by atoms with Crippen LogP contribution >= 0.6 is 12.4 Å². The van der Waals surface area contributed by atoms with E-state index >= 15 is 0 Å². The predicted octanol–water partition coefficient (Wildman–Crippen LogP) is 2.66.